The number of hydrogen-bond donors (Lipinski definition) is 0. The Morgan fingerprint density at radius 3 is 1.40 bits per heavy atom. The molecule has 0 saturated carbocycles. The van der Waals surface area contributed by atoms with Crippen molar-refractivity contribution >= 4 is 0 Å². The Morgan fingerprint density at radius 1 is 1.40 bits per heavy atom. The van der Waals surface area contributed by atoms with E-state index in [1.165, 1.54) is 0 Å². The first-order chi connectivity index (χ1) is 1.41. The quantitative estimate of drug-likeness (QED) is 0.339. The Morgan fingerprint density at radius 2 is 1.40 bits per heavy atom. The molecule has 0 fully saturated rings. The molecule has 0 unspecified atom stereocenters. The van der Waals surface area contributed by atoms with Crippen LogP contribution in [0.25, 0.3) is 0 Å². The van der Waals surface area contributed by atoms with Crippen LogP contribution in [0.4, 0.5) is 0 Å². The van der Waals surface area contributed by atoms with Crippen LogP contribution in [-0.4, -0.2) is 0 Å². The predicted molar refractivity (Wildman–Crippen MR) is 2.49 cm³/mol. The van der Waals surface area contributed by atoms with Gasteiger partial charge in [-0.3, -0.25) is 0 Å². The summed E-state index contributed by atoms with van der Waals surface area (Å²) in [7, 11) is 0. The summed E-state index contributed by atoms with van der Waals surface area (Å²) in [5.74, 6) is 0. The molecule has 0 saturated heterocycles. The summed E-state index contributed by atoms with van der Waals surface area (Å²) in [4.78, 5) is 0. The van der Waals surface area contributed by atoms with Gasteiger partial charge in [-0.1, -0.05) is 0 Å². The summed E-state index contributed by atoms with van der Waals surface area (Å²) in [6.07, 6.45) is 0. The number of rotatable bonds is 0. The molecule has 0 aliphatic carbocycles. The van der Waals surface area contributed by atoms with Gasteiger partial charge < -0.3 is 1.43 Å². The fourth-order valence-corrected chi connectivity index (χ4v) is 0. The third kappa shape index (κ3) is 31.7. The second-order valence-corrected chi connectivity index (χ2v) is 0.344. The van der Waals surface area contributed by atoms with E-state index in [0.717, 1.165) is 0 Å². The van der Waals surface area contributed by atoms with E-state index in [1.54, 1.807) is 0 Å². The summed E-state index contributed by atoms with van der Waals surface area (Å²) in [5, 5.41) is 0. The Labute approximate surface area is 62.2 Å². The molecule has 0 atom stereocenters. The third-order valence-corrected chi connectivity index (χ3v) is 0. The van der Waals surface area contributed by atoms with Crippen molar-refractivity contribution < 1.29 is 62.5 Å². The zero-order valence-corrected chi connectivity index (χ0v) is 5.18. The SMILES string of the molecule is [H-].[Li+].[Ni].[O]=[Ti]=[O]. The third-order valence-electron chi connectivity index (χ3n) is 0. The van der Waals surface area contributed by atoms with E-state index in [1.807, 2.05) is 0 Å². The van der Waals surface area contributed by atoms with Crippen molar-refractivity contribution in [2.45, 2.75) is 0 Å². The maximum absolute atomic E-state index is 8.50. The van der Waals surface area contributed by atoms with Crippen LogP contribution >= 0.6 is 0 Å². The van der Waals surface area contributed by atoms with Crippen LogP contribution < -0.4 is 18.9 Å². The molecule has 0 bridgehead atoms. The van der Waals surface area contributed by atoms with E-state index in [9.17, 15) is 0 Å². The Bertz CT molecular complexity index is 34.5. The summed E-state index contributed by atoms with van der Waals surface area (Å²) < 4.78 is 17.0. The van der Waals surface area contributed by atoms with Crippen molar-refractivity contribution in [3.8, 4) is 0 Å². The van der Waals surface area contributed by atoms with Crippen LogP contribution in [0.5, 0.6) is 0 Å². The average molecular weight is 147 g/mol. The van der Waals surface area contributed by atoms with Gasteiger partial charge in [0.2, 0.25) is 0 Å². The first-order valence-electron chi connectivity index (χ1n) is 0.408. The number of hydrogen-bond acceptors (Lipinski definition) is 2. The Balaban J connectivity index is -0.00000000667. The summed E-state index contributed by atoms with van der Waals surface area (Å²) in [6, 6.07) is 0. The van der Waals surface area contributed by atoms with Gasteiger partial charge in [-0.25, -0.2) is 0 Å². The molecule has 0 N–H and O–H groups in total. The molecule has 0 rings (SSSR count). The van der Waals surface area contributed by atoms with Crippen LogP contribution in [-0.2, 0) is 42.2 Å². The second kappa shape index (κ2) is 18.1. The van der Waals surface area contributed by atoms with Crippen LogP contribution in [0.2, 0.25) is 0 Å². The van der Waals surface area contributed by atoms with Gasteiger partial charge >= 0.3 is 44.6 Å². The van der Waals surface area contributed by atoms with Gasteiger partial charge in [0, 0.05) is 16.5 Å². The van der Waals surface area contributed by atoms with Gasteiger partial charge in [-0.2, -0.15) is 0 Å². The fraction of sp³-hybridized carbons (Fsp3) is 0. The molecule has 0 aromatic carbocycles. The van der Waals surface area contributed by atoms with E-state index in [-0.39, 0.29) is 36.8 Å². The minimum absolute atomic E-state index is 0. The van der Waals surface area contributed by atoms with Crippen molar-refractivity contribution in [1.82, 2.24) is 0 Å². The van der Waals surface area contributed by atoms with Gasteiger partial charge in [0.25, 0.3) is 0 Å². The van der Waals surface area contributed by atoms with Crippen molar-refractivity contribution in [1.29, 1.82) is 0 Å². The standard InChI is InChI=1S/Li.Ni.2O.Ti.H/q+1;;;;;-1. The van der Waals surface area contributed by atoms with Crippen molar-refractivity contribution in [3.05, 3.63) is 0 Å². The van der Waals surface area contributed by atoms with Crippen LogP contribution in [0, 0.1) is 0 Å². The second-order valence-electron chi connectivity index (χ2n) is 0.0833. The molecule has 0 heterocycles. The van der Waals surface area contributed by atoms with Gasteiger partial charge in [-0.15, -0.1) is 0 Å². The van der Waals surface area contributed by atoms with Crippen molar-refractivity contribution in [2.24, 2.45) is 0 Å². The molecule has 0 aliphatic rings. The molecule has 5 heteroatoms. The molecule has 0 spiro atoms. The minimum atomic E-state index is -2.00. The van der Waals surface area contributed by atoms with Crippen LogP contribution in [0.3, 0.4) is 0 Å². The van der Waals surface area contributed by atoms with E-state index < -0.39 is 19.1 Å². The first-order valence-corrected chi connectivity index (χ1v) is 1.68. The van der Waals surface area contributed by atoms with E-state index in [4.69, 9.17) is 6.65 Å². The molecule has 0 aliphatic heterocycles. The molecule has 0 aromatic rings. The summed E-state index contributed by atoms with van der Waals surface area (Å²) in [6.45, 7) is 0. The van der Waals surface area contributed by atoms with Crippen molar-refractivity contribution in [3.63, 3.8) is 0 Å². The van der Waals surface area contributed by atoms with Gasteiger partial charge in [0.15, 0.2) is 0 Å². The molecular formula is HLiNiO2Ti. The fourth-order valence-electron chi connectivity index (χ4n) is 0. The normalized spacial score (nSPS) is 1.60. The molecule has 0 aromatic heterocycles. The van der Waals surface area contributed by atoms with E-state index >= 15 is 0 Å². The zero-order valence-electron chi connectivity index (χ0n) is 3.63. The maximum atomic E-state index is 8.50. The summed E-state index contributed by atoms with van der Waals surface area (Å²) in [5.41, 5.74) is 0. The average Bonchev–Trinajstić information content (AvgIpc) is 0.918. The molecule has 28 valence electrons. The monoisotopic (exact) mass is 146 g/mol. The van der Waals surface area contributed by atoms with E-state index in [2.05, 4.69) is 0 Å². The Hall–Kier alpha value is 1.41. The van der Waals surface area contributed by atoms with E-state index in [0.29, 0.717) is 0 Å². The zero-order chi connectivity index (χ0) is 2.71. The topological polar surface area (TPSA) is 34.1 Å². The molecular weight excluding hydrogens is 145 g/mol. The van der Waals surface area contributed by atoms with Gasteiger partial charge in [0.1, 0.15) is 0 Å². The van der Waals surface area contributed by atoms with Crippen molar-refractivity contribution in [2.75, 3.05) is 0 Å². The predicted octanol–water partition coefficient (Wildman–Crippen LogP) is -3.13. The first kappa shape index (κ1) is 16.1. The van der Waals surface area contributed by atoms with Crippen LogP contribution in [0.1, 0.15) is 1.43 Å². The van der Waals surface area contributed by atoms with Gasteiger partial charge in [0.05, 0.1) is 0 Å². The molecule has 0 radical (unpaired) electrons. The molecule has 2 nitrogen and oxygen atoms in total. The summed E-state index contributed by atoms with van der Waals surface area (Å²) >= 11 is -2.00. The molecule has 0 amide bonds. The Kier molecular flexibility index (Phi) is 58.5. The molecule has 5 heavy (non-hydrogen) atoms. The van der Waals surface area contributed by atoms with Gasteiger partial charge in [-0.05, 0) is 0 Å². The van der Waals surface area contributed by atoms with Crippen LogP contribution in [0.15, 0.2) is 0 Å².